The van der Waals surface area contributed by atoms with Gasteiger partial charge >= 0.3 is 5.92 Å². The first-order valence-electron chi connectivity index (χ1n) is 6.69. The van der Waals surface area contributed by atoms with Gasteiger partial charge in [-0.05, 0) is 24.1 Å². The summed E-state index contributed by atoms with van der Waals surface area (Å²) < 4.78 is 34.9. The van der Waals surface area contributed by atoms with Gasteiger partial charge in [0.25, 0.3) is 0 Å². The van der Waals surface area contributed by atoms with Crippen LogP contribution in [0.1, 0.15) is 34.9 Å². The SMILES string of the molecule is CC(C)COc1ccc(Cl)cc1C(F)(F)c1nc(C(=O)[O-])cs1. The highest BCUT2D eigenvalue weighted by Crippen LogP contribution is 2.43. The number of carboxylic acid groups (broad SMARTS) is 1. The molecule has 0 radical (unpaired) electrons. The van der Waals surface area contributed by atoms with Gasteiger partial charge in [-0.15, -0.1) is 11.3 Å². The molecule has 0 N–H and O–H groups in total. The number of carbonyl (C=O) groups excluding carboxylic acids is 1. The lowest BCUT2D eigenvalue weighted by Gasteiger charge is -2.19. The Hall–Kier alpha value is -1.73. The van der Waals surface area contributed by atoms with E-state index in [0.717, 1.165) is 11.4 Å². The lowest BCUT2D eigenvalue weighted by molar-refractivity contribution is -0.255. The van der Waals surface area contributed by atoms with E-state index < -0.39 is 28.2 Å². The van der Waals surface area contributed by atoms with Gasteiger partial charge < -0.3 is 14.6 Å². The quantitative estimate of drug-likeness (QED) is 0.792. The van der Waals surface area contributed by atoms with Gasteiger partial charge in [0.15, 0.2) is 5.01 Å². The van der Waals surface area contributed by atoms with E-state index in [1.807, 2.05) is 13.8 Å². The van der Waals surface area contributed by atoms with E-state index in [0.29, 0.717) is 11.3 Å². The van der Waals surface area contributed by atoms with Crippen molar-refractivity contribution in [1.29, 1.82) is 0 Å². The molecule has 0 spiro atoms. The average molecular weight is 361 g/mol. The molecule has 2 rings (SSSR count). The van der Waals surface area contributed by atoms with Crippen molar-refractivity contribution in [2.75, 3.05) is 6.61 Å². The first-order valence-corrected chi connectivity index (χ1v) is 7.95. The molecule has 0 aliphatic heterocycles. The standard InChI is InChI=1S/C15H14ClF2NO3S/c1-8(2)6-22-12-4-3-9(16)5-10(12)15(17,18)14-19-11(7-23-14)13(20)21/h3-5,7-8H,6H2,1-2H3,(H,20,21)/p-1. The maximum Gasteiger partial charge on any atom is 0.327 e. The van der Waals surface area contributed by atoms with Crippen LogP contribution in [0.3, 0.4) is 0 Å². The first kappa shape index (κ1) is 17.6. The smallest absolute Gasteiger partial charge is 0.327 e. The van der Waals surface area contributed by atoms with Crippen molar-refractivity contribution < 1.29 is 23.4 Å². The van der Waals surface area contributed by atoms with Crippen molar-refractivity contribution >= 4 is 28.9 Å². The molecule has 8 heteroatoms. The van der Waals surface area contributed by atoms with Crippen molar-refractivity contribution in [2.45, 2.75) is 19.8 Å². The third kappa shape index (κ3) is 3.97. The van der Waals surface area contributed by atoms with E-state index in [4.69, 9.17) is 16.3 Å². The van der Waals surface area contributed by atoms with Crippen LogP contribution in [0.5, 0.6) is 5.75 Å². The maximum atomic E-state index is 14.7. The average Bonchev–Trinajstić information content (AvgIpc) is 2.96. The molecular weight excluding hydrogens is 348 g/mol. The number of aromatic nitrogens is 1. The van der Waals surface area contributed by atoms with Gasteiger partial charge in [0.05, 0.1) is 23.8 Å². The molecular formula is C15H13ClF2NO3S-. The van der Waals surface area contributed by atoms with E-state index in [1.165, 1.54) is 12.1 Å². The second-order valence-corrected chi connectivity index (χ2v) is 6.54. The molecule has 1 aromatic heterocycles. The Morgan fingerprint density at radius 1 is 1.48 bits per heavy atom. The van der Waals surface area contributed by atoms with Gasteiger partial charge in [-0.25, -0.2) is 4.98 Å². The van der Waals surface area contributed by atoms with Crippen LogP contribution in [-0.2, 0) is 5.92 Å². The van der Waals surface area contributed by atoms with Crippen LogP contribution in [0.4, 0.5) is 8.78 Å². The molecule has 0 aliphatic carbocycles. The number of hydrogen-bond acceptors (Lipinski definition) is 5. The van der Waals surface area contributed by atoms with Gasteiger partial charge in [0.1, 0.15) is 5.75 Å². The molecule has 23 heavy (non-hydrogen) atoms. The zero-order valence-corrected chi connectivity index (χ0v) is 13.9. The largest absolute Gasteiger partial charge is 0.543 e. The number of benzene rings is 1. The van der Waals surface area contributed by atoms with Crippen LogP contribution < -0.4 is 9.84 Å². The van der Waals surface area contributed by atoms with Crippen LogP contribution in [-0.4, -0.2) is 17.6 Å². The topological polar surface area (TPSA) is 62.2 Å². The Morgan fingerprint density at radius 2 is 2.17 bits per heavy atom. The van der Waals surface area contributed by atoms with E-state index in [1.54, 1.807) is 0 Å². The highest BCUT2D eigenvalue weighted by atomic mass is 35.5. The van der Waals surface area contributed by atoms with Crippen molar-refractivity contribution in [1.82, 2.24) is 4.98 Å². The lowest BCUT2D eigenvalue weighted by Crippen LogP contribution is -2.23. The van der Waals surface area contributed by atoms with E-state index in [9.17, 15) is 18.7 Å². The Kier molecular flexibility index (Phi) is 5.21. The van der Waals surface area contributed by atoms with Gasteiger partial charge in [0, 0.05) is 10.4 Å². The summed E-state index contributed by atoms with van der Waals surface area (Å²) in [7, 11) is 0. The molecule has 124 valence electrons. The number of alkyl halides is 2. The fourth-order valence-electron chi connectivity index (χ4n) is 1.76. The Balaban J connectivity index is 2.44. The number of halogens is 3. The zero-order chi connectivity index (χ0) is 17.2. The highest BCUT2D eigenvalue weighted by molar-refractivity contribution is 7.10. The molecule has 0 atom stereocenters. The molecule has 0 saturated heterocycles. The van der Waals surface area contributed by atoms with E-state index in [2.05, 4.69) is 4.98 Å². The summed E-state index contributed by atoms with van der Waals surface area (Å²) in [5, 5.41) is 11.2. The van der Waals surface area contributed by atoms with Gasteiger partial charge in [0.2, 0.25) is 0 Å². The molecule has 1 aromatic carbocycles. The number of ether oxygens (including phenoxy) is 1. The van der Waals surface area contributed by atoms with Crippen LogP contribution in [0, 0.1) is 5.92 Å². The molecule has 0 bridgehead atoms. The fourth-order valence-corrected chi connectivity index (χ4v) is 2.71. The molecule has 0 fully saturated rings. The van der Waals surface area contributed by atoms with Gasteiger partial charge in [-0.1, -0.05) is 25.4 Å². The Morgan fingerprint density at radius 3 is 2.74 bits per heavy atom. The summed E-state index contributed by atoms with van der Waals surface area (Å²) in [4.78, 5) is 14.2. The summed E-state index contributed by atoms with van der Waals surface area (Å²) in [6, 6.07) is 3.91. The maximum absolute atomic E-state index is 14.7. The van der Waals surface area contributed by atoms with Crippen LogP contribution >= 0.6 is 22.9 Å². The van der Waals surface area contributed by atoms with Crippen molar-refractivity contribution in [2.24, 2.45) is 5.92 Å². The molecule has 0 aliphatic rings. The number of carbonyl (C=O) groups is 1. The van der Waals surface area contributed by atoms with Crippen molar-refractivity contribution in [3.8, 4) is 5.75 Å². The van der Waals surface area contributed by atoms with Gasteiger partial charge in [-0.2, -0.15) is 8.78 Å². The number of rotatable bonds is 6. The number of carboxylic acids is 1. The third-order valence-corrected chi connectivity index (χ3v) is 3.98. The summed E-state index contributed by atoms with van der Waals surface area (Å²) in [6.45, 7) is 4.04. The van der Waals surface area contributed by atoms with E-state index in [-0.39, 0.29) is 23.3 Å². The highest BCUT2D eigenvalue weighted by Gasteiger charge is 2.40. The minimum Gasteiger partial charge on any atom is -0.543 e. The Labute approximate surface area is 140 Å². The lowest BCUT2D eigenvalue weighted by atomic mass is 10.1. The summed E-state index contributed by atoms with van der Waals surface area (Å²) >= 11 is 6.36. The summed E-state index contributed by atoms with van der Waals surface area (Å²) in [5.74, 6) is -5.00. The first-order chi connectivity index (χ1) is 10.7. The molecule has 4 nitrogen and oxygen atoms in total. The van der Waals surface area contributed by atoms with Crippen LogP contribution in [0.25, 0.3) is 0 Å². The predicted molar refractivity (Wildman–Crippen MR) is 81.2 cm³/mol. The minimum atomic E-state index is -3.53. The molecule has 2 aromatic rings. The number of hydrogen-bond donors (Lipinski definition) is 0. The summed E-state index contributed by atoms with van der Waals surface area (Å²) in [5.41, 5.74) is -0.985. The van der Waals surface area contributed by atoms with E-state index >= 15 is 0 Å². The second kappa shape index (κ2) is 6.80. The molecule has 0 saturated carbocycles. The summed E-state index contributed by atoms with van der Waals surface area (Å²) in [6.07, 6.45) is 0. The minimum absolute atomic E-state index is 0.0155. The number of thiazole rings is 1. The monoisotopic (exact) mass is 360 g/mol. The number of nitrogens with zero attached hydrogens (tertiary/aromatic N) is 1. The fraction of sp³-hybridized carbons (Fsp3) is 0.333. The predicted octanol–water partition coefficient (Wildman–Crippen LogP) is 3.33. The number of aromatic carboxylic acids is 1. The van der Waals surface area contributed by atoms with Crippen molar-refractivity contribution in [3.63, 3.8) is 0 Å². The Bertz CT molecular complexity index is 718. The van der Waals surface area contributed by atoms with Crippen molar-refractivity contribution in [3.05, 3.63) is 44.9 Å². The van der Waals surface area contributed by atoms with Gasteiger partial charge in [-0.3, -0.25) is 0 Å². The second-order valence-electron chi connectivity index (χ2n) is 5.25. The molecule has 0 amide bonds. The zero-order valence-electron chi connectivity index (χ0n) is 12.3. The third-order valence-electron chi connectivity index (χ3n) is 2.83. The molecule has 0 unspecified atom stereocenters. The van der Waals surface area contributed by atoms with Crippen LogP contribution in [0.2, 0.25) is 5.02 Å². The molecule has 1 heterocycles. The van der Waals surface area contributed by atoms with Crippen LogP contribution in [0.15, 0.2) is 23.6 Å². The normalized spacial score (nSPS) is 11.7.